The Labute approximate surface area is 110 Å². The predicted molar refractivity (Wildman–Crippen MR) is 71.4 cm³/mol. The second-order valence-electron chi connectivity index (χ2n) is 4.52. The molecule has 0 atom stereocenters. The van der Waals surface area contributed by atoms with Crippen molar-refractivity contribution in [3.05, 3.63) is 41.5 Å². The van der Waals surface area contributed by atoms with E-state index in [1.54, 1.807) is 0 Å². The van der Waals surface area contributed by atoms with Gasteiger partial charge in [-0.15, -0.1) is 0 Å². The second kappa shape index (κ2) is 5.09. The van der Waals surface area contributed by atoms with Crippen molar-refractivity contribution < 1.29 is 9.18 Å². The van der Waals surface area contributed by atoms with E-state index in [-0.39, 0.29) is 17.4 Å². The molecule has 0 unspecified atom stereocenters. The van der Waals surface area contributed by atoms with E-state index in [0.717, 1.165) is 5.69 Å². The number of aromatic amines is 1. The standard InChI is InChI=1S/C13H15FN4O/c1-7(2)11-10(15)12(18-17-11)13(19)16-9-5-3-8(14)4-6-9/h3-7H,15H2,1-2H3,(H,16,19)(H,17,18). The van der Waals surface area contributed by atoms with E-state index in [4.69, 9.17) is 5.73 Å². The van der Waals surface area contributed by atoms with Gasteiger partial charge in [0.1, 0.15) is 5.82 Å². The summed E-state index contributed by atoms with van der Waals surface area (Å²) in [5.74, 6) is -0.633. The third-order valence-electron chi connectivity index (χ3n) is 2.73. The Balaban J connectivity index is 2.18. The molecule has 4 N–H and O–H groups in total. The summed E-state index contributed by atoms with van der Waals surface area (Å²) in [5.41, 5.74) is 7.57. The van der Waals surface area contributed by atoms with Crippen molar-refractivity contribution >= 4 is 17.3 Å². The SMILES string of the molecule is CC(C)c1[nH]nc(C(=O)Nc2ccc(F)cc2)c1N. The second-order valence-corrected chi connectivity index (χ2v) is 4.52. The van der Waals surface area contributed by atoms with Crippen molar-refractivity contribution in [1.82, 2.24) is 10.2 Å². The molecule has 0 fully saturated rings. The number of rotatable bonds is 3. The molecule has 2 aromatic rings. The maximum Gasteiger partial charge on any atom is 0.278 e. The first-order valence-electron chi connectivity index (χ1n) is 5.89. The zero-order valence-electron chi connectivity index (χ0n) is 10.7. The lowest BCUT2D eigenvalue weighted by Gasteiger charge is -2.05. The summed E-state index contributed by atoms with van der Waals surface area (Å²) < 4.78 is 12.8. The van der Waals surface area contributed by atoms with Gasteiger partial charge in [0.05, 0.1) is 11.4 Å². The number of aromatic nitrogens is 2. The van der Waals surface area contributed by atoms with Gasteiger partial charge in [-0.2, -0.15) is 5.10 Å². The number of benzene rings is 1. The van der Waals surface area contributed by atoms with Crippen LogP contribution in [0.4, 0.5) is 15.8 Å². The van der Waals surface area contributed by atoms with Gasteiger partial charge in [-0.25, -0.2) is 4.39 Å². The molecule has 1 heterocycles. The van der Waals surface area contributed by atoms with E-state index in [9.17, 15) is 9.18 Å². The number of nitrogen functional groups attached to an aromatic ring is 1. The first-order chi connectivity index (χ1) is 8.99. The minimum atomic E-state index is -0.424. The highest BCUT2D eigenvalue weighted by atomic mass is 19.1. The predicted octanol–water partition coefficient (Wildman–Crippen LogP) is 2.51. The van der Waals surface area contributed by atoms with E-state index in [1.165, 1.54) is 24.3 Å². The Morgan fingerprint density at radius 3 is 2.53 bits per heavy atom. The average Bonchev–Trinajstić information content (AvgIpc) is 2.74. The summed E-state index contributed by atoms with van der Waals surface area (Å²) in [6.07, 6.45) is 0. The van der Waals surface area contributed by atoms with E-state index in [1.807, 2.05) is 13.8 Å². The largest absolute Gasteiger partial charge is 0.395 e. The van der Waals surface area contributed by atoms with Gasteiger partial charge >= 0.3 is 0 Å². The summed E-state index contributed by atoms with van der Waals surface area (Å²) in [6, 6.07) is 5.48. The molecule has 0 aliphatic rings. The van der Waals surface area contributed by atoms with Gasteiger partial charge in [-0.1, -0.05) is 13.8 Å². The van der Waals surface area contributed by atoms with Crippen molar-refractivity contribution in [2.75, 3.05) is 11.1 Å². The number of carbonyl (C=O) groups excluding carboxylic acids is 1. The third-order valence-corrected chi connectivity index (χ3v) is 2.73. The van der Waals surface area contributed by atoms with Crippen LogP contribution in [0.5, 0.6) is 0 Å². The van der Waals surface area contributed by atoms with Crippen LogP contribution >= 0.6 is 0 Å². The molecule has 0 radical (unpaired) electrons. The van der Waals surface area contributed by atoms with Crippen LogP contribution in [0.1, 0.15) is 35.9 Å². The van der Waals surface area contributed by atoms with Gasteiger partial charge < -0.3 is 11.1 Å². The number of nitrogens with two attached hydrogens (primary N) is 1. The van der Waals surface area contributed by atoms with Gasteiger partial charge in [-0.05, 0) is 30.2 Å². The maximum absolute atomic E-state index is 12.8. The zero-order chi connectivity index (χ0) is 14.0. The molecule has 19 heavy (non-hydrogen) atoms. The minimum absolute atomic E-state index is 0.146. The van der Waals surface area contributed by atoms with Gasteiger partial charge in [0.2, 0.25) is 0 Å². The Morgan fingerprint density at radius 2 is 2.00 bits per heavy atom. The monoisotopic (exact) mass is 262 g/mol. The quantitative estimate of drug-likeness (QED) is 0.794. The molecular formula is C13H15FN4O. The molecule has 5 nitrogen and oxygen atoms in total. The molecule has 0 aliphatic heterocycles. The highest BCUT2D eigenvalue weighted by Gasteiger charge is 2.18. The maximum atomic E-state index is 12.8. The number of carbonyl (C=O) groups is 1. The van der Waals surface area contributed by atoms with Crippen LogP contribution in [0.15, 0.2) is 24.3 Å². The lowest BCUT2D eigenvalue weighted by molar-refractivity contribution is 0.102. The van der Waals surface area contributed by atoms with E-state index in [0.29, 0.717) is 11.4 Å². The number of hydrogen-bond donors (Lipinski definition) is 3. The molecule has 0 aliphatic carbocycles. The van der Waals surface area contributed by atoms with Gasteiger partial charge in [0.15, 0.2) is 5.69 Å². The molecule has 1 aromatic carbocycles. The summed E-state index contributed by atoms with van der Waals surface area (Å²) in [5, 5.41) is 9.28. The number of anilines is 2. The lowest BCUT2D eigenvalue weighted by Crippen LogP contribution is -2.14. The van der Waals surface area contributed by atoms with Gasteiger partial charge in [-0.3, -0.25) is 9.89 Å². The summed E-state index contributed by atoms with van der Waals surface area (Å²) in [7, 11) is 0. The van der Waals surface area contributed by atoms with Crippen molar-refractivity contribution in [2.24, 2.45) is 0 Å². The van der Waals surface area contributed by atoms with Crippen molar-refractivity contribution in [3.8, 4) is 0 Å². The van der Waals surface area contributed by atoms with Gasteiger partial charge in [0, 0.05) is 5.69 Å². The van der Waals surface area contributed by atoms with Crippen molar-refractivity contribution in [2.45, 2.75) is 19.8 Å². The Morgan fingerprint density at radius 1 is 1.37 bits per heavy atom. The zero-order valence-corrected chi connectivity index (χ0v) is 10.7. The molecule has 0 spiro atoms. The summed E-state index contributed by atoms with van der Waals surface area (Å²) >= 11 is 0. The van der Waals surface area contributed by atoms with Crippen molar-refractivity contribution in [3.63, 3.8) is 0 Å². The Kier molecular flexibility index (Phi) is 3.50. The van der Waals surface area contributed by atoms with Crippen LogP contribution in [0, 0.1) is 5.82 Å². The fourth-order valence-corrected chi connectivity index (χ4v) is 1.70. The normalized spacial score (nSPS) is 10.7. The fourth-order valence-electron chi connectivity index (χ4n) is 1.70. The highest BCUT2D eigenvalue weighted by molar-refractivity contribution is 6.06. The number of hydrogen-bond acceptors (Lipinski definition) is 3. The van der Waals surface area contributed by atoms with E-state index >= 15 is 0 Å². The Hall–Kier alpha value is -2.37. The van der Waals surface area contributed by atoms with Crippen LogP contribution in [-0.4, -0.2) is 16.1 Å². The molecular weight excluding hydrogens is 247 g/mol. The van der Waals surface area contributed by atoms with Gasteiger partial charge in [0.25, 0.3) is 5.91 Å². The molecule has 0 bridgehead atoms. The first kappa shape index (κ1) is 13.1. The van der Waals surface area contributed by atoms with E-state index in [2.05, 4.69) is 15.5 Å². The highest BCUT2D eigenvalue weighted by Crippen LogP contribution is 2.22. The molecule has 100 valence electrons. The number of amides is 1. The summed E-state index contributed by atoms with van der Waals surface area (Å²) in [6.45, 7) is 3.90. The topological polar surface area (TPSA) is 83.8 Å². The number of H-pyrrole nitrogens is 1. The van der Waals surface area contributed by atoms with Crippen LogP contribution in [0.2, 0.25) is 0 Å². The molecule has 2 rings (SSSR count). The number of nitrogens with one attached hydrogen (secondary N) is 2. The summed E-state index contributed by atoms with van der Waals surface area (Å²) in [4.78, 5) is 12.0. The van der Waals surface area contributed by atoms with Crippen LogP contribution in [-0.2, 0) is 0 Å². The van der Waals surface area contributed by atoms with Crippen molar-refractivity contribution in [1.29, 1.82) is 0 Å². The molecule has 1 amide bonds. The molecule has 1 aromatic heterocycles. The number of halogens is 1. The molecule has 0 saturated heterocycles. The van der Waals surface area contributed by atoms with E-state index < -0.39 is 5.91 Å². The van der Waals surface area contributed by atoms with Crippen LogP contribution in [0.25, 0.3) is 0 Å². The van der Waals surface area contributed by atoms with Crippen LogP contribution in [0.3, 0.4) is 0 Å². The fraction of sp³-hybridized carbons (Fsp3) is 0.231. The average molecular weight is 262 g/mol. The lowest BCUT2D eigenvalue weighted by atomic mass is 10.1. The smallest absolute Gasteiger partial charge is 0.278 e. The van der Waals surface area contributed by atoms with Crippen LogP contribution < -0.4 is 11.1 Å². The molecule has 0 saturated carbocycles. The first-order valence-corrected chi connectivity index (χ1v) is 5.89. The minimum Gasteiger partial charge on any atom is -0.395 e. The number of nitrogens with zero attached hydrogens (tertiary/aromatic N) is 1. The third kappa shape index (κ3) is 2.73. The Bertz CT molecular complexity index is 589. The molecule has 6 heteroatoms.